The Bertz CT molecular complexity index is 1020. The van der Waals surface area contributed by atoms with Crippen LogP contribution in [0.1, 0.15) is 11.1 Å². The van der Waals surface area contributed by atoms with E-state index in [1.807, 2.05) is 6.92 Å². The van der Waals surface area contributed by atoms with Gasteiger partial charge in [-0.1, -0.05) is 17.7 Å². The molecule has 0 radical (unpaired) electrons. The molecule has 1 heterocycles. The van der Waals surface area contributed by atoms with Crippen molar-refractivity contribution < 1.29 is 27.8 Å². The van der Waals surface area contributed by atoms with Crippen molar-refractivity contribution in [2.75, 3.05) is 19.7 Å². The van der Waals surface area contributed by atoms with E-state index in [2.05, 4.69) is 0 Å². The maximum Gasteiger partial charge on any atom is 0.243 e. The van der Waals surface area contributed by atoms with Crippen molar-refractivity contribution >= 4 is 10.0 Å². The summed E-state index contributed by atoms with van der Waals surface area (Å²) in [6.45, 7) is 0.492. The quantitative estimate of drug-likeness (QED) is 0.772. The van der Waals surface area contributed by atoms with Crippen molar-refractivity contribution in [3.8, 4) is 11.8 Å². The van der Waals surface area contributed by atoms with Gasteiger partial charge in [-0.3, -0.25) is 0 Å². The lowest BCUT2D eigenvalue weighted by Gasteiger charge is -2.27. The molecule has 1 fully saturated rings. The summed E-state index contributed by atoms with van der Waals surface area (Å²) in [5.74, 6) is -0.780. The minimum atomic E-state index is -3.92. The van der Waals surface area contributed by atoms with Gasteiger partial charge in [0.15, 0.2) is 0 Å². The molecular weight excluding hydrogens is 387 g/mol. The zero-order valence-electron chi connectivity index (χ0n) is 15.0. The zero-order valence-corrected chi connectivity index (χ0v) is 15.9. The van der Waals surface area contributed by atoms with Gasteiger partial charge < -0.3 is 14.9 Å². The van der Waals surface area contributed by atoms with Crippen LogP contribution in [0, 0.1) is 24.1 Å². The Balaban J connectivity index is 1.86. The van der Waals surface area contributed by atoms with E-state index in [0.29, 0.717) is 0 Å². The summed E-state index contributed by atoms with van der Waals surface area (Å²) in [4.78, 5) is 0.0588. The average Bonchev–Trinajstić information content (AvgIpc) is 3.00. The molecule has 2 aromatic carbocycles. The Morgan fingerprint density at radius 3 is 2.57 bits per heavy atom. The molecule has 9 heteroatoms. The smallest absolute Gasteiger partial charge is 0.243 e. The van der Waals surface area contributed by atoms with Gasteiger partial charge in [-0.25, -0.2) is 12.8 Å². The van der Waals surface area contributed by atoms with Crippen LogP contribution in [0.2, 0.25) is 0 Å². The fourth-order valence-corrected chi connectivity index (χ4v) is 4.50. The number of nitriles is 1. The molecule has 0 saturated carbocycles. The van der Waals surface area contributed by atoms with Crippen LogP contribution in [-0.2, 0) is 10.0 Å². The molecule has 3 rings (SSSR count). The second-order valence-electron chi connectivity index (χ2n) is 6.73. The summed E-state index contributed by atoms with van der Waals surface area (Å²) in [6.07, 6.45) is -1.12. The first kappa shape index (κ1) is 20.2. The lowest BCUT2D eigenvalue weighted by atomic mass is 10.0. The molecule has 2 N–H and O–H groups in total. The summed E-state index contributed by atoms with van der Waals surface area (Å²) < 4.78 is 46.1. The van der Waals surface area contributed by atoms with E-state index in [4.69, 9.17) is 10.00 Å². The van der Waals surface area contributed by atoms with Crippen LogP contribution < -0.4 is 4.74 Å². The molecule has 0 unspecified atom stereocenters. The Kier molecular flexibility index (Phi) is 5.41. The number of aryl methyl sites for hydroxylation is 1. The SMILES string of the molecule is Cc1ccc(S(=O)(=O)N2C[C@H](Oc3ccc(C#N)c(F)c3)[C@](O)(CO)C2)cc1. The molecule has 2 atom stereocenters. The zero-order chi connectivity index (χ0) is 20.5. The van der Waals surface area contributed by atoms with Gasteiger partial charge in [-0.05, 0) is 31.2 Å². The number of halogens is 1. The third-order valence-corrected chi connectivity index (χ3v) is 6.52. The number of aliphatic hydroxyl groups excluding tert-OH is 1. The number of ether oxygens (including phenoxy) is 1. The monoisotopic (exact) mass is 406 g/mol. The van der Waals surface area contributed by atoms with Gasteiger partial charge in [0.05, 0.1) is 23.6 Å². The number of nitrogens with zero attached hydrogens (tertiary/aromatic N) is 2. The largest absolute Gasteiger partial charge is 0.486 e. The van der Waals surface area contributed by atoms with Crippen molar-refractivity contribution in [1.29, 1.82) is 5.26 Å². The molecule has 0 aromatic heterocycles. The number of β-amino-alcohol motifs (C(OH)–C–C–N with tert-alkyl or cyclic N) is 1. The minimum absolute atomic E-state index is 0.0166. The Hall–Kier alpha value is -2.51. The summed E-state index contributed by atoms with van der Waals surface area (Å²) in [5.41, 5.74) is -1.13. The van der Waals surface area contributed by atoms with Crippen molar-refractivity contribution in [2.24, 2.45) is 0 Å². The number of rotatable bonds is 5. The van der Waals surface area contributed by atoms with E-state index in [1.54, 1.807) is 18.2 Å². The molecule has 2 aromatic rings. The van der Waals surface area contributed by atoms with E-state index in [1.165, 1.54) is 24.3 Å². The molecule has 0 bridgehead atoms. The van der Waals surface area contributed by atoms with Gasteiger partial charge in [0.25, 0.3) is 0 Å². The predicted molar refractivity (Wildman–Crippen MR) is 97.5 cm³/mol. The molecule has 1 aliphatic rings. The van der Waals surface area contributed by atoms with Crippen molar-refractivity contribution in [1.82, 2.24) is 4.31 Å². The Labute approximate surface area is 162 Å². The van der Waals surface area contributed by atoms with Gasteiger partial charge in [0, 0.05) is 12.6 Å². The van der Waals surface area contributed by atoms with Crippen LogP contribution in [0.4, 0.5) is 4.39 Å². The highest BCUT2D eigenvalue weighted by atomic mass is 32.2. The van der Waals surface area contributed by atoms with Gasteiger partial charge in [-0.15, -0.1) is 0 Å². The van der Waals surface area contributed by atoms with Crippen LogP contribution in [0.25, 0.3) is 0 Å². The first-order chi connectivity index (χ1) is 13.2. The van der Waals surface area contributed by atoms with Crippen LogP contribution in [0.3, 0.4) is 0 Å². The third kappa shape index (κ3) is 3.72. The second kappa shape index (κ2) is 7.48. The van der Waals surface area contributed by atoms with Gasteiger partial charge >= 0.3 is 0 Å². The van der Waals surface area contributed by atoms with E-state index in [9.17, 15) is 23.0 Å². The topological polar surface area (TPSA) is 111 Å². The highest BCUT2D eigenvalue weighted by Gasteiger charge is 2.50. The van der Waals surface area contributed by atoms with E-state index < -0.39 is 34.2 Å². The van der Waals surface area contributed by atoms with Crippen molar-refractivity contribution in [3.63, 3.8) is 0 Å². The standard InChI is InChI=1S/C19H19FN2O5S/c1-13-2-6-16(7-3-13)28(25,26)22-10-18(19(24,11-22)12-23)27-15-5-4-14(9-21)17(20)8-15/h2-8,18,23-24H,10-12H2,1H3/t18-,19+/m0/s1. The number of hydrogen-bond acceptors (Lipinski definition) is 6. The fourth-order valence-electron chi connectivity index (χ4n) is 2.99. The predicted octanol–water partition coefficient (Wildman–Crippen LogP) is 1.18. The second-order valence-corrected chi connectivity index (χ2v) is 8.67. The maximum atomic E-state index is 13.8. The maximum absolute atomic E-state index is 13.8. The van der Waals surface area contributed by atoms with Crippen molar-refractivity contribution in [2.45, 2.75) is 23.5 Å². The molecule has 1 saturated heterocycles. The Morgan fingerprint density at radius 2 is 2.00 bits per heavy atom. The highest BCUT2D eigenvalue weighted by molar-refractivity contribution is 7.89. The number of sulfonamides is 1. The third-order valence-electron chi connectivity index (χ3n) is 4.69. The molecular formula is C19H19FN2O5S. The molecule has 0 aliphatic carbocycles. The number of benzene rings is 2. The average molecular weight is 406 g/mol. The minimum Gasteiger partial charge on any atom is -0.486 e. The van der Waals surface area contributed by atoms with E-state index >= 15 is 0 Å². The number of hydrogen-bond donors (Lipinski definition) is 2. The fraction of sp³-hybridized carbons (Fsp3) is 0.316. The first-order valence-corrected chi connectivity index (χ1v) is 9.90. The molecule has 28 heavy (non-hydrogen) atoms. The van der Waals surface area contributed by atoms with Crippen LogP contribution in [0.15, 0.2) is 47.4 Å². The molecule has 0 amide bonds. The van der Waals surface area contributed by atoms with E-state index in [-0.39, 0.29) is 29.3 Å². The molecule has 7 nitrogen and oxygen atoms in total. The number of aliphatic hydroxyl groups is 2. The van der Waals surface area contributed by atoms with E-state index in [0.717, 1.165) is 15.9 Å². The van der Waals surface area contributed by atoms with Crippen LogP contribution in [0.5, 0.6) is 5.75 Å². The summed E-state index contributed by atoms with van der Waals surface area (Å²) in [6, 6.07) is 11.5. The molecule has 1 aliphatic heterocycles. The first-order valence-electron chi connectivity index (χ1n) is 8.46. The van der Waals surface area contributed by atoms with Crippen LogP contribution in [-0.4, -0.2) is 54.3 Å². The summed E-state index contributed by atoms with van der Waals surface area (Å²) in [7, 11) is -3.92. The molecule has 148 valence electrons. The normalized spacial score (nSPS) is 22.8. The highest BCUT2D eigenvalue weighted by Crippen LogP contribution is 2.31. The molecule has 0 spiro atoms. The van der Waals surface area contributed by atoms with Crippen molar-refractivity contribution in [3.05, 3.63) is 59.4 Å². The lowest BCUT2D eigenvalue weighted by Crippen LogP contribution is -2.48. The van der Waals surface area contributed by atoms with Gasteiger partial charge in [0.1, 0.15) is 29.3 Å². The lowest BCUT2D eigenvalue weighted by molar-refractivity contribution is -0.0641. The van der Waals surface area contributed by atoms with Gasteiger partial charge in [-0.2, -0.15) is 9.57 Å². The Morgan fingerprint density at radius 1 is 1.32 bits per heavy atom. The van der Waals surface area contributed by atoms with Gasteiger partial charge in [0.2, 0.25) is 10.0 Å². The van der Waals surface area contributed by atoms with Crippen LogP contribution >= 0.6 is 0 Å². The summed E-state index contributed by atoms with van der Waals surface area (Å²) >= 11 is 0. The summed E-state index contributed by atoms with van der Waals surface area (Å²) in [5, 5.41) is 29.1.